The van der Waals surface area contributed by atoms with Crippen molar-refractivity contribution in [3.8, 4) is 5.75 Å². The van der Waals surface area contributed by atoms with Crippen LogP contribution >= 0.6 is 41.9 Å². The molecule has 0 aliphatic carbocycles. The number of phenolic OH excluding ortho intramolecular Hbond substituents is 1. The van der Waals surface area contributed by atoms with E-state index in [1.807, 2.05) is 0 Å². The first kappa shape index (κ1) is 32.7. The molecular weight excluding hydrogens is 632 g/mol. The predicted molar refractivity (Wildman–Crippen MR) is 163 cm³/mol. The van der Waals surface area contributed by atoms with Crippen LogP contribution in [0.1, 0.15) is 28.4 Å². The summed E-state index contributed by atoms with van der Waals surface area (Å²) in [4.78, 5) is 24.9. The zero-order chi connectivity index (χ0) is 30.7. The molecule has 3 aromatic rings. The standard InChI is InChI=1S/C28H27Cl3NO7PS/c1-16(40(2,37)19-9-10-25(33)21(29)15-19)7-8-18-12-22(30)26(23(31)13-18)27(34)32-24(28(35)36)14-17-5-4-6-20(11-17)41(3,38)39/h4-13,15-16,24,33H,14H2,1-3H3,(H,32,34)(H,35,36)/b8-7+/t16?,24-,40?/m0/s1. The van der Waals surface area contributed by atoms with Crippen molar-refractivity contribution in [2.75, 3.05) is 12.9 Å². The molecule has 3 aromatic carbocycles. The van der Waals surface area contributed by atoms with Gasteiger partial charge < -0.3 is 20.1 Å². The highest BCUT2D eigenvalue weighted by atomic mass is 35.5. The number of carbonyl (C=O) groups is 2. The van der Waals surface area contributed by atoms with Crippen molar-refractivity contribution >= 4 is 75.0 Å². The third-order valence-corrected chi connectivity index (χ3v) is 11.5. The van der Waals surface area contributed by atoms with Crippen LogP contribution in [-0.2, 0) is 25.6 Å². The van der Waals surface area contributed by atoms with E-state index in [-0.39, 0.29) is 37.7 Å². The molecular formula is C28H27Cl3NO7PS. The molecule has 3 atom stereocenters. The summed E-state index contributed by atoms with van der Waals surface area (Å²) in [5.74, 6) is -2.26. The zero-order valence-corrected chi connectivity index (χ0v) is 26.1. The average molecular weight is 659 g/mol. The van der Waals surface area contributed by atoms with Gasteiger partial charge in [-0.2, -0.15) is 0 Å². The summed E-state index contributed by atoms with van der Waals surface area (Å²) in [5.41, 5.74) is 0.352. The molecule has 0 saturated carbocycles. The molecule has 13 heteroatoms. The Hall–Kier alpha value is -2.81. The quantitative estimate of drug-likeness (QED) is 0.231. The number of rotatable bonds is 10. The smallest absolute Gasteiger partial charge is 0.326 e. The summed E-state index contributed by atoms with van der Waals surface area (Å²) in [6.45, 7) is 3.37. The average Bonchev–Trinajstić information content (AvgIpc) is 2.87. The van der Waals surface area contributed by atoms with Gasteiger partial charge in [-0.3, -0.25) is 4.79 Å². The van der Waals surface area contributed by atoms with Crippen molar-refractivity contribution < 1.29 is 32.8 Å². The Morgan fingerprint density at radius 2 is 1.66 bits per heavy atom. The van der Waals surface area contributed by atoms with Crippen molar-refractivity contribution in [1.29, 1.82) is 0 Å². The number of allylic oxidation sites excluding steroid dienone is 1. The van der Waals surface area contributed by atoms with Gasteiger partial charge in [-0.05, 0) is 60.3 Å². The van der Waals surface area contributed by atoms with Crippen LogP contribution in [0.3, 0.4) is 0 Å². The fraction of sp³-hybridized carbons (Fsp3) is 0.214. The number of hydrogen-bond acceptors (Lipinski definition) is 6. The van der Waals surface area contributed by atoms with Crippen LogP contribution in [-0.4, -0.2) is 55.1 Å². The summed E-state index contributed by atoms with van der Waals surface area (Å²) in [5, 5.41) is 22.3. The lowest BCUT2D eigenvalue weighted by Crippen LogP contribution is -2.42. The van der Waals surface area contributed by atoms with Crippen LogP contribution in [0.15, 0.2) is 65.6 Å². The molecule has 8 nitrogen and oxygen atoms in total. The van der Waals surface area contributed by atoms with Gasteiger partial charge in [-0.25, -0.2) is 13.2 Å². The second-order valence-electron chi connectivity index (χ2n) is 9.57. The minimum atomic E-state index is -3.50. The van der Waals surface area contributed by atoms with Crippen LogP contribution in [0.25, 0.3) is 6.08 Å². The van der Waals surface area contributed by atoms with E-state index >= 15 is 0 Å². The van der Waals surface area contributed by atoms with Crippen molar-refractivity contribution in [3.05, 3.63) is 92.4 Å². The monoisotopic (exact) mass is 657 g/mol. The van der Waals surface area contributed by atoms with E-state index in [0.29, 0.717) is 16.4 Å². The van der Waals surface area contributed by atoms with Gasteiger partial charge in [-0.15, -0.1) is 0 Å². The third kappa shape index (κ3) is 8.15. The normalized spacial score (nSPS) is 14.8. The van der Waals surface area contributed by atoms with Crippen molar-refractivity contribution in [2.24, 2.45) is 0 Å². The van der Waals surface area contributed by atoms with Gasteiger partial charge in [0, 0.05) is 23.6 Å². The molecule has 0 heterocycles. The number of phenols is 1. The van der Waals surface area contributed by atoms with Crippen LogP contribution < -0.4 is 10.6 Å². The summed E-state index contributed by atoms with van der Waals surface area (Å²) in [7, 11) is -6.44. The highest BCUT2D eigenvalue weighted by molar-refractivity contribution is 7.90. The molecule has 218 valence electrons. The largest absolute Gasteiger partial charge is 0.506 e. The number of carboxylic acids is 1. The van der Waals surface area contributed by atoms with Crippen LogP contribution in [0.2, 0.25) is 15.1 Å². The first-order chi connectivity index (χ1) is 19.0. The van der Waals surface area contributed by atoms with Gasteiger partial charge in [0.2, 0.25) is 0 Å². The Morgan fingerprint density at radius 3 is 2.22 bits per heavy atom. The number of hydrogen-bond donors (Lipinski definition) is 3. The van der Waals surface area contributed by atoms with Gasteiger partial charge in [0.25, 0.3) is 5.91 Å². The molecule has 1 amide bonds. The Morgan fingerprint density at radius 1 is 1.02 bits per heavy atom. The summed E-state index contributed by atoms with van der Waals surface area (Å²) < 4.78 is 37.1. The van der Waals surface area contributed by atoms with E-state index in [9.17, 15) is 32.8 Å². The first-order valence-corrected chi connectivity index (χ1v) is 17.3. The van der Waals surface area contributed by atoms with E-state index in [0.717, 1.165) is 6.26 Å². The lowest BCUT2D eigenvalue weighted by atomic mass is 10.0. The number of sulfone groups is 1. The SMILES string of the molecule is CC(/C=C/c1cc(Cl)c(C(=O)N[C@@H](Cc2cccc(S(C)(=O)=O)c2)C(=O)O)c(Cl)c1)P(C)(=O)c1ccc(O)c(Cl)c1. The molecule has 41 heavy (non-hydrogen) atoms. The molecule has 0 bridgehead atoms. The van der Waals surface area contributed by atoms with Gasteiger partial charge in [0.1, 0.15) is 18.9 Å². The Balaban J connectivity index is 1.79. The van der Waals surface area contributed by atoms with E-state index < -0.39 is 40.6 Å². The summed E-state index contributed by atoms with van der Waals surface area (Å²) >= 11 is 18.7. The Kier molecular flexibility index (Phi) is 10.4. The van der Waals surface area contributed by atoms with Gasteiger partial charge in [0.15, 0.2) is 9.84 Å². The van der Waals surface area contributed by atoms with E-state index in [1.165, 1.54) is 42.5 Å². The minimum absolute atomic E-state index is 0.0285. The van der Waals surface area contributed by atoms with Gasteiger partial charge in [0.05, 0.1) is 25.5 Å². The number of aliphatic carboxylic acids is 1. The minimum Gasteiger partial charge on any atom is -0.506 e. The molecule has 0 fully saturated rings. The second kappa shape index (κ2) is 13.0. The molecule has 2 unspecified atom stereocenters. The van der Waals surface area contributed by atoms with Crippen molar-refractivity contribution in [1.82, 2.24) is 5.32 Å². The maximum absolute atomic E-state index is 13.5. The maximum Gasteiger partial charge on any atom is 0.326 e. The molecule has 3 N–H and O–H groups in total. The zero-order valence-electron chi connectivity index (χ0n) is 22.1. The molecule has 0 radical (unpaired) electrons. The Labute approximate surface area is 253 Å². The number of carbonyl (C=O) groups excluding carboxylic acids is 1. The van der Waals surface area contributed by atoms with Crippen LogP contribution in [0.5, 0.6) is 5.75 Å². The number of carboxylic acid groups (broad SMARTS) is 1. The van der Waals surface area contributed by atoms with E-state index in [2.05, 4.69) is 5.32 Å². The lowest BCUT2D eigenvalue weighted by molar-refractivity contribution is -0.139. The van der Waals surface area contributed by atoms with Crippen LogP contribution in [0.4, 0.5) is 0 Å². The molecule has 0 aromatic heterocycles. The fourth-order valence-corrected chi connectivity index (χ4v) is 7.16. The van der Waals surface area contributed by atoms with E-state index in [4.69, 9.17) is 34.8 Å². The predicted octanol–water partition coefficient (Wildman–Crippen LogP) is 5.90. The fourth-order valence-electron chi connectivity index (χ4n) is 3.90. The number of benzene rings is 3. The Bertz CT molecular complexity index is 1670. The summed E-state index contributed by atoms with van der Waals surface area (Å²) in [6, 6.07) is 11.7. The molecule has 0 spiro atoms. The summed E-state index contributed by atoms with van der Waals surface area (Å²) in [6.07, 6.45) is 4.21. The number of amides is 1. The van der Waals surface area contributed by atoms with Crippen molar-refractivity contribution in [2.45, 2.75) is 29.9 Å². The number of nitrogens with one attached hydrogen (secondary N) is 1. The maximum atomic E-state index is 13.5. The van der Waals surface area contributed by atoms with E-state index in [1.54, 1.807) is 37.9 Å². The van der Waals surface area contributed by atoms with Gasteiger partial charge in [-0.1, -0.05) is 66.0 Å². The van der Waals surface area contributed by atoms with Gasteiger partial charge >= 0.3 is 5.97 Å². The second-order valence-corrected chi connectivity index (χ2v) is 16.1. The molecule has 0 aliphatic heterocycles. The lowest BCUT2D eigenvalue weighted by Gasteiger charge is -2.19. The molecule has 0 saturated heterocycles. The van der Waals surface area contributed by atoms with Crippen molar-refractivity contribution in [3.63, 3.8) is 0 Å². The van der Waals surface area contributed by atoms with Crippen LogP contribution in [0, 0.1) is 0 Å². The number of aromatic hydroxyl groups is 1. The highest BCUT2D eigenvalue weighted by Gasteiger charge is 2.26. The first-order valence-electron chi connectivity index (χ1n) is 12.1. The molecule has 3 rings (SSSR count). The topological polar surface area (TPSA) is 138 Å². The third-order valence-electron chi connectivity index (χ3n) is 6.45. The molecule has 0 aliphatic rings. The highest BCUT2D eigenvalue weighted by Crippen LogP contribution is 2.47. The number of halogens is 3.